The first kappa shape index (κ1) is 17.0. The van der Waals surface area contributed by atoms with E-state index in [0.717, 1.165) is 18.5 Å². The molecule has 0 unspecified atom stereocenters. The second-order valence-electron chi connectivity index (χ2n) is 7.72. The Morgan fingerprint density at radius 2 is 1.57 bits per heavy atom. The minimum absolute atomic E-state index is 1.03. The van der Waals surface area contributed by atoms with Gasteiger partial charge in [-0.15, -0.1) is 0 Å². The van der Waals surface area contributed by atoms with Crippen LogP contribution in [0.4, 0.5) is 0 Å². The molecule has 2 aromatic heterocycles. The molecule has 0 radical (unpaired) electrons. The molecular weight excluding hydrogens is 340 g/mol. The molecule has 0 fully saturated rings. The number of pyridine rings is 1. The number of imidazole rings is 1. The molecule has 2 heterocycles. The maximum atomic E-state index is 4.88. The molecule has 2 heteroatoms. The Morgan fingerprint density at radius 1 is 0.821 bits per heavy atom. The van der Waals surface area contributed by atoms with E-state index in [1.165, 1.54) is 49.6 Å². The molecule has 0 aliphatic heterocycles. The number of fused-ring (bicyclic) bond motifs is 6. The molecule has 0 aliphatic rings. The number of aryl methyl sites for hydroxylation is 3. The summed E-state index contributed by atoms with van der Waals surface area (Å²) in [5, 5.41) is 3.79. The van der Waals surface area contributed by atoms with Gasteiger partial charge in [-0.1, -0.05) is 61.9 Å². The lowest BCUT2D eigenvalue weighted by molar-refractivity contribution is 0.923. The molecule has 28 heavy (non-hydrogen) atoms. The highest BCUT2D eigenvalue weighted by atomic mass is 15.0. The summed E-state index contributed by atoms with van der Waals surface area (Å²) in [6.07, 6.45) is 4.30. The maximum Gasteiger partial charge on any atom is 0.145 e. The van der Waals surface area contributed by atoms with Gasteiger partial charge in [-0.25, -0.2) is 4.98 Å². The van der Waals surface area contributed by atoms with Crippen LogP contribution in [0.2, 0.25) is 0 Å². The van der Waals surface area contributed by atoms with Crippen molar-refractivity contribution in [2.45, 2.75) is 33.6 Å². The van der Waals surface area contributed by atoms with Gasteiger partial charge in [0.1, 0.15) is 5.65 Å². The van der Waals surface area contributed by atoms with Gasteiger partial charge < -0.3 is 0 Å². The van der Waals surface area contributed by atoms with Crippen LogP contribution in [-0.2, 0) is 6.42 Å². The van der Waals surface area contributed by atoms with E-state index in [2.05, 4.69) is 85.8 Å². The van der Waals surface area contributed by atoms with Gasteiger partial charge in [0.2, 0.25) is 0 Å². The molecule has 2 nitrogen and oxygen atoms in total. The molecular formula is C26H24N2. The van der Waals surface area contributed by atoms with Crippen LogP contribution in [0.5, 0.6) is 0 Å². The third-order valence-corrected chi connectivity index (χ3v) is 5.80. The molecule has 0 saturated carbocycles. The lowest BCUT2D eigenvalue weighted by Gasteiger charge is -2.14. The van der Waals surface area contributed by atoms with Crippen LogP contribution in [0.3, 0.4) is 0 Å². The Kier molecular flexibility index (Phi) is 3.94. The van der Waals surface area contributed by atoms with E-state index in [0.29, 0.717) is 0 Å². The summed E-state index contributed by atoms with van der Waals surface area (Å²) in [5.41, 5.74) is 8.67. The van der Waals surface area contributed by atoms with E-state index < -0.39 is 0 Å². The highest BCUT2D eigenvalue weighted by Gasteiger charge is 2.16. The van der Waals surface area contributed by atoms with Crippen LogP contribution in [-0.4, -0.2) is 9.38 Å². The monoisotopic (exact) mass is 364 g/mol. The number of rotatable bonds is 3. The first-order chi connectivity index (χ1) is 13.7. The maximum absolute atomic E-state index is 4.88. The van der Waals surface area contributed by atoms with E-state index in [9.17, 15) is 0 Å². The van der Waals surface area contributed by atoms with Crippen LogP contribution >= 0.6 is 0 Å². The van der Waals surface area contributed by atoms with Crippen LogP contribution < -0.4 is 0 Å². The zero-order chi connectivity index (χ0) is 19.3. The van der Waals surface area contributed by atoms with Crippen molar-refractivity contribution >= 4 is 27.3 Å². The molecule has 0 spiro atoms. The van der Waals surface area contributed by atoms with Crippen molar-refractivity contribution in [1.82, 2.24) is 9.38 Å². The van der Waals surface area contributed by atoms with E-state index in [1.807, 2.05) is 6.20 Å². The van der Waals surface area contributed by atoms with Gasteiger partial charge >= 0.3 is 0 Å². The van der Waals surface area contributed by atoms with Crippen molar-refractivity contribution in [3.8, 4) is 11.3 Å². The Bertz CT molecular complexity index is 1320. The first-order valence-electron chi connectivity index (χ1n) is 10.1. The Balaban J connectivity index is 1.98. The first-order valence-corrected chi connectivity index (χ1v) is 10.1. The van der Waals surface area contributed by atoms with Crippen LogP contribution in [0.1, 0.15) is 30.0 Å². The number of nitrogens with zero attached hydrogens (tertiary/aromatic N) is 2. The zero-order valence-corrected chi connectivity index (χ0v) is 16.7. The van der Waals surface area contributed by atoms with Crippen molar-refractivity contribution in [2.75, 3.05) is 0 Å². The van der Waals surface area contributed by atoms with Gasteiger partial charge in [-0.05, 0) is 54.5 Å². The summed E-state index contributed by atoms with van der Waals surface area (Å²) in [7, 11) is 0. The van der Waals surface area contributed by atoms with Gasteiger partial charge in [-0.3, -0.25) is 4.40 Å². The van der Waals surface area contributed by atoms with Crippen molar-refractivity contribution in [3.05, 3.63) is 83.6 Å². The van der Waals surface area contributed by atoms with Crippen molar-refractivity contribution in [1.29, 1.82) is 0 Å². The second kappa shape index (κ2) is 6.49. The summed E-state index contributed by atoms with van der Waals surface area (Å²) in [4.78, 5) is 4.88. The molecule has 5 aromatic rings. The minimum Gasteiger partial charge on any atom is -0.292 e. The molecule has 0 atom stereocenters. The fraction of sp³-hybridized carbons (Fsp3) is 0.192. The van der Waals surface area contributed by atoms with Crippen molar-refractivity contribution in [3.63, 3.8) is 0 Å². The average molecular weight is 364 g/mol. The standard InChI is InChI=1S/C26H24N2/c1-4-8-19-13-14-23-22(15-19)20-11-5-6-12-21(20)26-27-16-24(28(23)26)25-17(2)9-7-10-18(25)3/h5-7,9-16H,4,8H2,1-3H3. The molecule has 0 aliphatic carbocycles. The van der Waals surface area contributed by atoms with Crippen LogP contribution in [0.25, 0.3) is 38.6 Å². The largest absolute Gasteiger partial charge is 0.292 e. The molecule has 0 saturated heterocycles. The van der Waals surface area contributed by atoms with Gasteiger partial charge in [0.05, 0.1) is 17.4 Å². The number of benzene rings is 3. The normalized spacial score (nSPS) is 11.7. The van der Waals surface area contributed by atoms with E-state index in [1.54, 1.807) is 0 Å². The Hall–Kier alpha value is -3.13. The summed E-state index contributed by atoms with van der Waals surface area (Å²) < 4.78 is 2.35. The van der Waals surface area contributed by atoms with Crippen molar-refractivity contribution in [2.24, 2.45) is 0 Å². The highest BCUT2D eigenvalue weighted by molar-refractivity contribution is 6.12. The molecule has 3 aromatic carbocycles. The van der Waals surface area contributed by atoms with Gasteiger partial charge in [0.15, 0.2) is 0 Å². The summed E-state index contributed by atoms with van der Waals surface area (Å²) in [6.45, 7) is 6.61. The van der Waals surface area contributed by atoms with E-state index in [4.69, 9.17) is 4.98 Å². The number of hydrogen-bond donors (Lipinski definition) is 0. The minimum atomic E-state index is 1.03. The molecule has 138 valence electrons. The zero-order valence-electron chi connectivity index (χ0n) is 16.7. The van der Waals surface area contributed by atoms with Gasteiger partial charge in [0, 0.05) is 16.3 Å². The number of hydrogen-bond acceptors (Lipinski definition) is 1. The topological polar surface area (TPSA) is 17.3 Å². The van der Waals surface area contributed by atoms with Crippen LogP contribution in [0, 0.1) is 13.8 Å². The summed E-state index contributed by atoms with van der Waals surface area (Å²) in [6, 6.07) is 22.1. The predicted octanol–water partition coefficient (Wildman–Crippen LogP) is 6.88. The lowest BCUT2D eigenvalue weighted by Crippen LogP contribution is -1.97. The predicted molar refractivity (Wildman–Crippen MR) is 119 cm³/mol. The molecule has 5 rings (SSSR count). The van der Waals surface area contributed by atoms with Gasteiger partial charge in [0.25, 0.3) is 0 Å². The third kappa shape index (κ3) is 2.45. The fourth-order valence-corrected chi connectivity index (χ4v) is 4.53. The number of aromatic nitrogens is 2. The second-order valence-corrected chi connectivity index (χ2v) is 7.72. The van der Waals surface area contributed by atoms with E-state index in [-0.39, 0.29) is 0 Å². The lowest BCUT2D eigenvalue weighted by atomic mass is 9.99. The quantitative estimate of drug-likeness (QED) is 0.319. The average Bonchev–Trinajstić information content (AvgIpc) is 3.13. The van der Waals surface area contributed by atoms with E-state index >= 15 is 0 Å². The molecule has 0 bridgehead atoms. The fourth-order valence-electron chi connectivity index (χ4n) is 4.53. The Labute approximate surface area is 165 Å². The highest BCUT2D eigenvalue weighted by Crippen LogP contribution is 2.35. The van der Waals surface area contributed by atoms with Gasteiger partial charge in [-0.2, -0.15) is 0 Å². The molecule has 0 amide bonds. The summed E-state index contributed by atoms with van der Waals surface area (Å²) in [5.74, 6) is 0. The third-order valence-electron chi connectivity index (χ3n) is 5.80. The summed E-state index contributed by atoms with van der Waals surface area (Å²) >= 11 is 0. The molecule has 0 N–H and O–H groups in total. The Morgan fingerprint density at radius 3 is 2.32 bits per heavy atom. The smallest absolute Gasteiger partial charge is 0.145 e. The SMILES string of the molecule is CCCc1ccc2c(c1)c1ccccc1c1ncc(-c3c(C)cccc3C)n21. The van der Waals surface area contributed by atoms with Crippen LogP contribution in [0.15, 0.2) is 66.9 Å². The van der Waals surface area contributed by atoms with Crippen molar-refractivity contribution < 1.29 is 0 Å².